The Labute approximate surface area is 87.9 Å². The topological polar surface area (TPSA) is 17.1 Å². The zero-order valence-corrected chi connectivity index (χ0v) is 9.46. The van der Waals surface area contributed by atoms with Crippen LogP contribution < -0.4 is 0 Å². The first kappa shape index (κ1) is 13.2. The Hall–Kier alpha value is -0.850. The third-order valence-corrected chi connectivity index (χ3v) is 2.27. The average Bonchev–Trinajstić information content (AvgIpc) is 2.16. The van der Waals surface area contributed by atoms with Gasteiger partial charge in [-0.1, -0.05) is 17.7 Å². The summed E-state index contributed by atoms with van der Waals surface area (Å²) >= 11 is 0. The van der Waals surface area contributed by atoms with Gasteiger partial charge in [0.1, 0.15) is 6.29 Å². The molecule has 0 aliphatic rings. The van der Waals surface area contributed by atoms with Crippen LogP contribution >= 0.6 is 0 Å². The quantitative estimate of drug-likeness (QED) is 0.325. The number of rotatable bonds is 8. The molecule has 0 radical (unpaired) electrons. The molecule has 0 amide bonds. The molecule has 0 aliphatic heterocycles. The van der Waals surface area contributed by atoms with E-state index in [1.54, 1.807) is 0 Å². The molecular weight excluding hydrogens is 172 g/mol. The molecule has 0 N–H and O–H groups in total. The molecule has 0 aliphatic carbocycles. The highest BCUT2D eigenvalue weighted by molar-refractivity contribution is 5.53. The number of carbonyl (C=O) groups is 1. The van der Waals surface area contributed by atoms with Crippen molar-refractivity contribution in [1.29, 1.82) is 0 Å². The average molecular weight is 194 g/mol. The standard InChI is InChI=1S/C13H22O/c1-4-5-9-13(11-14)10-7-6-8-12(2)3/h4,8,11,13H,1,5-7,9-10H2,2-3H3. The second-order valence-electron chi connectivity index (χ2n) is 3.97. The van der Waals surface area contributed by atoms with Crippen molar-refractivity contribution >= 4 is 6.29 Å². The molecular formula is C13H22O. The van der Waals surface area contributed by atoms with Crippen LogP contribution in [-0.4, -0.2) is 6.29 Å². The lowest BCUT2D eigenvalue weighted by Crippen LogP contribution is -2.01. The zero-order valence-electron chi connectivity index (χ0n) is 9.46. The number of unbranched alkanes of at least 4 members (excludes halogenated alkanes) is 1. The molecule has 0 aromatic heterocycles. The van der Waals surface area contributed by atoms with Crippen LogP contribution in [0.5, 0.6) is 0 Å². The largest absolute Gasteiger partial charge is 0.303 e. The van der Waals surface area contributed by atoms with E-state index in [0.29, 0.717) is 0 Å². The van der Waals surface area contributed by atoms with Gasteiger partial charge in [0.05, 0.1) is 0 Å². The van der Waals surface area contributed by atoms with Crippen molar-refractivity contribution < 1.29 is 4.79 Å². The second kappa shape index (κ2) is 8.74. The van der Waals surface area contributed by atoms with Crippen molar-refractivity contribution in [3.63, 3.8) is 0 Å². The Morgan fingerprint density at radius 1 is 1.29 bits per heavy atom. The van der Waals surface area contributed by atoms with E-state index < -0.39 is 0 Å². The smallest absolute Gasteiger partial charge is 0.123 e. The van der Waals surface area contributed by atoms with Gasteiger partial charge in [0.15, 0.2) is 0 Å². The van der Waals surface area contributed by atoms with E-state index in [1.807, 2.05) is 6.08 Å². The summed E-state index contributed by atoms with van der Waals surface area (Å²) in [6.07, 6.45) is 10.3. The van der Waals surface area contributed by atoms with Gasteiger partial charge in [-0.05, 0) is 46.0 Å². The molecule has 0 fully saturated rings. The van der Waals surface area contributed by atoms with Gasteiger partial charge in [0.2, 0.25) is 0 Å². The first-order valence-electron chi connectivity index (χ1n) is 5.40. The SMILES string of the molecule is C=CCCC(C=O)CCCC=C(C)C. The summed E-state index contributed by atoms with van der Waals surface area (Å²) in [6, 6.07) is 0. The lowest BCUT2D eigenvalue weighted by atomic mass is 9.98. The maximum atomic E-state index is 10.7. The van der Waals surface area contributed by atoms with E-state index in [4.69, 9.17) is 0 Å². The van der Waals surface area contributed by atoms with E-state index in [0.717, 1.165) is 38.4 Å². The predicted molar refractivity (Wildman–Crippen MR) is 62.3 cm³/mol. The van der Waals surface area contributed by atoms with Gasteiger partial charge >= 0.3 is 0 Å². The Morgan fingerprint density at radius 2 is 2.00 bits per heavy atom. The fourth-order valence-electron chi connectivity index (χ4n) is 1.38. The Kier molecular flexibility index (Phi) is 8.20. The monoisotopic (exact) mass is 194 g/mol. The summed E-state index contributed by atoms with van der Waals surface area (Å²) in [5, 5.41) is 0. The number of hydrogen-bond donors (Lipinski definition) is 0. The van der Waals surface area contributed by atoms with E-state index in [-0.39, 0.29) is 5.92 Å². The molecule has 1 unspecified atom stereocenters. The minimum atomic E-state index is 0.235. The molecule has 1 atom stereocenters. The van der Waals surface area contributed by atoms with Gasteiger partial charge in [0, 0.05) is 5.92 Å². The van der Waals surface area contributed by atoms with Crippen molar-refractivity contribution in [2.45, 2.75) is 46.0 Å². The van der Waals surface area contributed by atoms with Gasteiger partial charge in [-0.2, -0.15) is 0 Å². The highest BCUT2D eigenvalue weighted by Crippen LogP contribution is 2.13. The molecule has 14 heavy (non-hydrogen) atoms. The van der Waals surface area contributed by atoms with Crippen molar-refractivity contribution in [3.8, 4) is 0 Å². The van der Waals surface area contributed by atoms with Gasteiger partial charge in [-0.15, -0.1) is 6.58 Å². The fourth-order valence-corrected chi connectivity index (χ4v) is 1.38. The van der Waals surface area contributed by atoms with E-state index in [1.165, 1.54) is 5.57 Å². The second-order valence-corrected chi connectivity index (χ2v) is 3.97. The van der Waals surface area contributed by atoms with E-state index in [2.05, 4.69) is 26.5 Å². The summed E-state index contributed by atoms with van der Waals surface area (Å²) in [4.78, 5) is 10.7. The first-order valence-corrected chi connectivity index (χ1v) is 5.40. The van der Waals surface area contributed by atoms with Crippen molar-refractivity contribution in [1.82, 2.24) is 0 Å². The lowest BCUT2D eigenvalue weighted by molar-refractivity contribution is -0.111. The molecule has 0 heterocycles. The Balaban J connectivity index is 3.57. The normalized spacial score (nSPS) is 11.9. The highest BCUT2D eigenvalue weighted by Gasteiger charge is 2.04. The molecule has 0 saturated heterocycles. The van der Waals surface area contributed by atoms with Gasteiger partial charge in [0.25, 0.3) is 0 Å². The van der Waals surface area contributed by atoms with Crippen LogP contribution in [0.1, 0.15) is 46.0 Å². The Morgan fingerprint density at radius 3 is 2.50 bits per heavy atom. The molecule has 0 spiro atoms. The number of allylic oxidation sites excluding steroid dienone is 3. The molecule has 0 rings (SSSR count). The summed E-state index contributed by atoms with van der Waals surface area (Å²) < 4.78 is 0. The van der Waals surface area contributed by atoms with Crippen molar-refractivity contribution in [3.05, 3.63) is 24.3 Å². The van der Waals surface area contributed by atoms with Crippen LogP contribution in [-0.2, 0) is 4.79 Å². The van der Waals surface area contributed by atoms with Crippen molar-refractivity contribution in [2.75, 3.05) is 0 Å². The van der Waals surface area contributed by atoms with Crippen LogP contribution in [0.2, 0.25) is 0 Å². The lowest BCUT2D eigenvalue weighted by Gasteiger charge is -2.06. The summed E-state index contributed by atoms with van der Waals surface area (Å²) in [5.41, 5.74) is 1.36. The summed E-state index contributed by atoms with van der Waals surface area (Å²) in [5.74, 6) is 0.235. The molecule has 0 bridgehead atoms. The van der Waals surface area contributed by atoms with Crippen LogP contribution in [0, 0.1) is 5.92 Å². The van der Waals surface area contributed by atoms with Crippen LogP contribution in [0.15, 0.2) is 24.3 Å². The van der Waals surface area contributed by atoms with Crippen LogP contribution in [0.4, 0.5) is 0 Å². The van der Waals surface area contributed by atoms with E-state index in [9.17, 15) is 4.79 Å². The molecule has 1 nitrogen and oxygen atoms in total. The maximum absolute atomic E-state index is 10.7. The molecule has 1 heteroatoms. The molecule has 0 saturated carbocycles. The zero-order chi connectivity index (χ0) is 10.8. The van der Waals surface area contributed by atoms with Gasteiger partial charge < -0.3 is 4.79 Å². The highest BCUT2D eigenvalue weighted by atomic mass is 16.1. The summed E-state index contributed by atoms with van der Waals surface area (Å²) in [6.45, 7) is 7.87. The van der Waals surface area contributed by atoms with Crippen molar-refractivity contribution in [2.24, 2.45) is 5.92 Å². The fraction of sp³-hybridized carbons (Fsp3) is 0.615. The van der Waals surface area contributed by atoms with Gasteiger partial charge in [-0.3, -0.25) is 0 Å². The van der Waals surface area contributed by atoms with Crippen LogP contribution in [0.3, 0.4) is 0 Å². The summed E-state index contributed by atoms with van der Waals surface area (Å²) in [7, 11) is 0. The Bertz CT molecular complexity index is 187. The minimum Gasteiger partial charge on any atom is -0.303 e. The molecule has 80 valence electrons. The third-order valence-electron chi connectivity index (χ3n) is 2.27. The van der Waals surface area contributed by atoms with Gasteiger partial charge in [-0.25, -0.2) is 0 Å². The number of aldehydes is 1. The first-order chi connectivity index (χ1) is 6.70. The van der Waals surface area contributed by atoms with E-state index >= 15 is 0 Å². The predicted octanol–water partition coefficient (Wildman–Crippen LogP) is 3.90. The number of carbonyl (C=O) groups excluding carboxylic acids is 1. The molecule has 0 aromatic rings. The minimum absolute atomic E-state index is 0.235. The number of hydrogen-bond acceptors (Lipinski definition) is 1. The van der Waals surface area contributed by atoms with Crippen LogP contribution in [0.25, 0.3) is 0 Å². The molecule has 0 aromatic carbocycles. The maximum Gasteiger partial charge on any atom is 0.123 e. The third kappa shape index (κ3) is 7.78.